The molecule has 3 nitrogen and oxygen atoms in total. The lowest BCUT2D eigenvalue weighted by Crippen LogP contribution is -2.53. The normalized spacial score (nSPS) is 30.5. The Morgan fingerprint density at radius 1 is 1.00 bits per heavy atom. The Bertz CT molecular complexity index is 257. The van der Waals surface area contributed by atoms with Crippen molar-refractivity contribution in [1.29, 1.82) is 0 Å². The first-order valence-electron chi connectivity index (χ1n) is 7.95. The molecule has 3 heteroatoms. The minimum absolute atomic E-state index is 0.719. The van der Waals surface area contributed by atoms with E-state index in [0.29, 0.717) is 0 Å². The molecular weight excluding hydrogens is 222 g/mol. The van der Waals surface area contributed by atoms with E-state index in [0.717, 1.165) is 11.3 Å². The van der Waals surface area contributed by atoms with E-state index in [1.807, 2.05) is 0 Å². The van der Waals surface area contributed by atoms with Crippen LogP contribution in [0.15, 0.2) is 0 Å². The van der Waals surface area contributed by atoms with Crippen LogP contribution in [0.25, 0.3) is 0 Å². The molecule has 0 radical (unpaired) electrons. The zero-order chi connectivity index (χ0) is 12.4. The van der Waals surface area contributed by atoms with Gasteiger partial charge in [0.05, 0.1) is 0 Å². The van der Waals surface area contributed by atoms with Crippen LogP contribution in [-0.2, 0) is 0 Å². The fraction of sp³-hybridized carbons (Fsp3) is 1.00. The van der Waals surface area contributed by atoms with Crippen LogP contribution in [0.2, 0.25) is 0 Å². The summed E-state index contributed by atoms with van der Waals surface area (Å²) in [7, 11) is 0. The van der Waals surface area contributed by atoms with Gasteiger partial charge in [-0.3, -0.25) is 0 Å². The molecule has 18 heavy (non-hydrogen) atoms. The second kappa shape index (κ2) is 5.48. The molecule has 0 aromatic heterocycles. The van der Waals surface area contributed by atoms with Crippen molar-refractivity contribution in [2.45, 2.75) is 32.6 Å². The van der Waals surface area contributed by atoms with E-state index >= 15 is 0 Å². The molecule has 1 spiro atoms. The first-order valence-corrected chi connectivity index (χ1v) is 7.95. The number of hydrogen-bond donors (Lipinski definition) is 1. The summed E-state index contributed by atoms with van der Waals surface area (Å²) in [5.41, 5.74) is 0.719. The molecule has 0 amide bonds. The minimum atomic E-state index is 0.719. The van der Waals surface area contributed by atoms with Crippen LogP contribution < -0.4 is 5.32 Å². The zero-order valence-electron chi connectivity index (χ0n) is 12.0. The van der Waals surface area contributed by atoms with Gasteiger partial charge in [0.2, 0.25) is 0 Å². The predicted octanol–water partition coefficient (Wildman–Crippen LogP) is 1.40. The highest BCUT2D eigenvalue weighted by molar-refractivity contribution is 4.91. The van der Waals surface area contributed by atoms with Gasteiger partial charge in [-0.25, -0.2) is 0 Å². The van der Waals surface area contributed by atoms with E-state index in [4.69, 9.17) is 0 Å². The smallest absolute Gasteiger partial charge is 0.00342 e. The molecule has 104 valence electrons. The van der Waals surface area contributed by atoms with E-state index in [-0.39, 0.29) is 0 Å². The highest BCUT2D eigenvalue weighted by Crippen LogP contribution is 2.39. The second-order valence-corrected chi connectivity index (χ2v) is 6.77. The first kappa shape index (κ1) is 12.9. The summed E-state index contributed by atoms with van der Waals surface area (Å²) < 4.78 is 0. The molecule has 1 N–H and O–H groups in total. The van der Waals surface area contributed by atoms with Gasteiger partial charge in [0.15, 0.2) is 0 Å². The molecule has 0 aromatic carbocycles. The summed E-state index contributed by atoms with van der Waals surface area (Å²) in [6, 6.07) is 0. The molecule has 3 aliphatic rings. The molecule has 3 aliphatic heterocycles. The fourth-order valence-electron chi connectivity index (χ4n) is 4.08. The monoisotopic (exact) mass is 251 g/mol. The van der Waals surface area contributed by atoms with Gasteiger partial charge < -0.3 is 15.1 Å². The van der Waals surface area contributed by atoms with E-state index < -0.39 is 0 Å². The van der Waals surface area contributed by atoms with Gasteiger partial charge in [0.1, 0.15) is 0 Å². The van der Waals surface area contributed by atoms with Gasteiger partial charge in [-0.15, -0.1) is 0 Å². The van der Waals surface area contributed by atoms with Crippen molar-refractivity contribution in [3.05, 3.63) is 0 Å². The van der Waals surface area contributed by atoms with Crippen LogP contribution in [0, 0.1) is 11.3 Å². The fourth-order valence-corrected chi connectivity index (χ4v) is 4.08. The Morgan fingerprint density at radius 2 is 1.67 bits per heavy atom. The number of piperidine rings is 2. The second-order valence-electron chi connectivity index (χ2n) is 6.77. The summed E-state index contributed by atoms with van der Waals surface area (Å²) >= 11 is 0. The van der Waals surface area contributed by atoms with Gasteiger partial charge in [-0.1, -0.05) is 6.92 Å². The Morgan fingerprint density at radius 3 is 2.28 bits per heavy atom. The van der Waals surface area contributed by atoms with Crippen LogP contribution in [-0.4, -0.2) is 62.2 Å². The molecule has 0 saturated carbocycles. The molecule has 3 rings (SSSR count). The minimum Gasteiger partial charge on any atom is -0.317 e. The summed E-state index contributed by atoms with van der Waals surface area (Å²) in [6.07, 6.45) is 5.76. The average molecular weight is 251 g/mol. The SMILES string of the molecule is CCN1CC(CN2CCC3(CCNCC3)CC2)C1. The summed E-state index contributed by atoms with van der Waals surface area (Å²) in [6.45, 7) is 12.8. The Labute approximate surface area is 112 Å². The maximum Gasteiger partial charge on any atom is 0.00342 e. The van der Waals surface area contributed by atoms with E-state index in [1.165, 1.54) is 78.0 Å². The number of nitrogens with zero attached hydrogens (tertiary/aromatic N) is 2. The van der Waals surface area contributed by atoms with Crippen LogP contribution in [0.3, 0.4) is 0 Å². The third kappa shape index (κ3) is 2.73. The van der Waals surface area contributed by atoms with Gasteiger partial charge in [-0.05, 0) is 69.7 Å². The predicted molar refractivity (Wildman–Crippen MR) is 75.8 cm³/mol. The van der Waals surface area contributed by atoms with Crippen molar-refractivity contribution in [3.8, 4) is 0 Å². The molecule has 0 atom stereocenters. The number of likely N-dealkylation sites (tertiary alicyclic amines) is 2. The highest BCUT2D eigenvalue weighted by Gasteiger charge is 2.36. The number of rotatable bonds is 3. The first-order chi connectivity index (χ1) is 8.80. The Balaban J connectivity index is 1.40. The third-order valence-corrected chi connectivity index (χ3v) is 5.58. The zero-order valence-corrected chi connectivity index (χ0v) is 12.0. The lowest BCUT2D eigenvalue weighted by Gasteiger charge is -2.47. The molecule has 3 saturated heterocycles. The Hall–Kier alpha value is -0.120. The molecule has 0 aliphatic carbocycles. The third-order valence-electron chi connectivity index (χ3n) is 5.58. The average Bonchev–Trinajstić information content (AvgIpc) is 2.37. The van der Waals surface area contributed by atoms with Gasteiger partial charge in [0, 0.05) is 19.6 Å². The van der Waals surface area contributed by atoms with Crippen molar-refractivity contribution in [2.24, 2.45) is 11.3 Å². The van der Waals surface area contributed by atoms with Crippen LogP contribution in [0.4, 0.5) is 0 Å². The lowest BCUT2D eigenvalue weighted by molar-refractivity contribution is 0.0298. The standard InChI is InChI=1S/C15H29N3/c1-2-17-11-14(12-17)13-18-9-5-15(6-10-18)3-7-16-8-4-15/h14,16H,2-13H2,1H3. The largest absolute Gasteiger partial charge is 0.317 e. The molecular formula is C15H29N3. The topological polar surface area (TPSA) is 18.5 Å². The molecule has 0 unspecified atom stereocenters. The molecule has 3 heterocycles. The quantitative estimate of drug-likeness (QED) is 0.818. The summed E-state index contributed by atoms with van der Waals surface area (Å²) in [5, 5.41) is 3.51. The van der Waals surface area contributed by atoms with E-state index in [1.54, 1.807) is 0 Å². The molecule has 3 fully saturated rings. The van der Waals surface area contributed by atoms with Crippen molar-refractivity contribution in [2.75, 3.05) is 52.4 Å². The Kier molecular flexibility index (Phi) is 3.92. The maximum absolute atomic E-state index is 3.51. The van der Waals surface area contributed by atoms with Crippen molar-refractivity contribution in [1.82, 2.24) is 15.1 Å². The van der Waals surface area contributed by atoms with Crippen molar-refractivity contribution in [3.63, 3.8) is 0 Å². The highest BCUT2D eigenvalue weighted by atomic mass is 15.2. The number of nitrogens with one attached hydrogen (secondary N) is 1. The van der Waals surface area contributed by atoms with Gasteiger partial charge in [0.25, 0.3) is 0 Å². The van der Waals surface area contributed by atoms with E-state index in [9.17, 15) is 0 Å². The van der Waals surface area contributed by atoms with Crippen molar-refractivity contribution < 1.29 is 0 Å². The molecule has 0 bridgehead atoms. The number of hydrogen-bond acceptors (Lipinski definition) is 3. The van der Waals surface area contributed by atoms with E-state index in [2.05, 4.69) is 22.0 Å². The molecule has 0 aromatic rings. The van der Waals surface area contributed by atoms with Gasteiger partial charge in [-0.2, -0.15) is 0 Å². The van der Waals surface area contributed by atoms with Crippen LogP contribution >= 0.6 is 0 Å². The van der Waals surface area contributed by atoms with Gasteiger partial charge >= 0.3 is 0 Å². The van der Waals surface area contributed by atoms with Crippen LogP contribution in [0.1, 0.15) is 32.6 Å². The summed E-state index contributed by atoms with van der Waals surface area (Å²) in [5.74, 6) is 0.965. The van der Waals surface area contributed by atoms with Crippen LogP contribution in [0.5, 0.6) is 0 Å². The maximum atomic E-state index is 3.51. The van der Waals surface area contributed by atoms with Crippen molar-refractivity contribution >= 4 is 0 Å². The lowest BCUT2D eigenvalue weighted by atomic mass is 9.71. The summed E-state index contributed by atoms with van der Waals surface area (Å²) in [4.78, 5) is 5.30.